The van der Waals surface area contributed by atoms with E-state index in [1.165, 1.54) is 6.92 Å². The first kappa shape index (κ1) is 20.7. The lowest BCUT2D eigenvalue weighted by molar-refractivity contribution is -0.116. The van der Waals surface area contributed by atoms with Crippen molar-refractivity contribution in [1.29, 1.82) is 0 Å². The second-order valence-corrected chi connectivity index (χ2v) is 10.6. The van der Waals surface area contributed by atoms with Crippen LogP contribution in [0.5, 0.6) is 0 Å². The number of nitrogens with zero attached hydrogens (tertiary/aromatic N) is 1. The van der Waals surface area contributed by atoms with Gasteiger partial charge in [0.05, 0.1) is 16.3 Å². The molecule has 0 bridgehead atoms. The number of anilines is 2. The lowest BCUT2D eigenvalue weighted by Gasteiger charge is -2.22. The molecule has 1 N–H and O–H groups in total. The van der Waals surface area contributed by atoms with Crippen molar-refractivity contribution in [3.8, 4) is 0 Å². The highest BCUT2D eigenvalue weighted by Crippen LogP contribution is 2.39. The van der Waals surface area contributed by atoms with Gasteiger partial charge in [0, 0.05) is 23.6 Å². The maximum Gasteiger partial charge on any atom is 0.261 e. The molecule has 1 unspecified atom stereocenters. The minimum absolute atomic E-state index is 0.0799. The molecule has 7 heteroatoms. The summed E-state index contributed by atoms with van der Waals surface area (Å²) in [4.78, 5) is 14.9. The Kier molecular flexibility index (Phi) is 5.77. The zero-order chi connectivity index (χ0) is 20.6. The average molecular weight is 419 g/mol. The highest BCUT2D eigenvalue weighted by molar-refractivity contribution is 8.00. The molecule has 0 saturated heterocycles. The van der Waals surface area contributed by atoms with E-state index in [1.807, 2.05) is 32.9 Å². The zero-order valence-electron chi connectivity index (χ0n) is 16.9. The van der Waals surface area contributed by atoms with Crippen LogP contribution in [0, 0.1) is 20.8 Å². The first-order valence-electron chi connectivity index (χ1n) is 9.28. The monoisotopic (exact) mass is 418 g/mol. The summed E-state index contributed by atoms with van der Waals surface area (Å²) < 4.78 is 28.9. The molecule has 0 aromatic heterocycles. The van der Waals surface area contributed by atoms with Crippen LogP contribution in [0.4, 0.5) is 11.4 Å². The van der Waals surface area contributed by atoms with Gasteiger partial charge in [-0.3, -0.25) is 9.52 Å². The molecule has 0 spiro atoms. The van der Waals surface area contributed by atoms with Gasteiger partial charge in [-0.05, 0) is 56.5 Å². The molecule has 2 aromatic rings. The van der Waals surface area contributed by atoms with E-state index in [4.69, 9.17) is 0 Å². The van der Waals surface area contributed by atoms with E-state index in [1.54, 1.807) is 34.9 Å². The summed E-state index contributed by atoms with van der Waals surface area (Å²) >= 11 is 1.67. The maximum absolute atomic E-state index is 13.1. The summed E-state index contributed by atoms with van der Waals surface area (Å²) in [7, 11) is -3.78. The van der Waals surface area contributed by atoms with Crippen molar-refractivity contribution in [2.45, 2.75) is 56.1 Å². The van der Waals surface area contributed by atoms with E-state index >= 15 is 0 Å². The predicted molar refractivity (Wildman–Crippen MR) is 116 cm³/mol. The topological polar surface area (TPSA) is 66.5 Å². The number of aryl methyl sites for hydroxylation is 3. The molecular weight excluding hydrogens is 392 g/mol. The smallest absolute Gasteiger partial charge is 0.261 e. The number of fused-ring (bicyclic) bond motifs is 1. The molecule has 0 aliphatic carbocycles. The van der Waals surface area contributed by atoms with Crippen LogP contribution < -0.4 is 9.62 Å². The van der Waals surface area contributed by atoms with Crippen LogP contribution in [0.25, 0.3) is 0 Å². The van der Waals surface area contributed by atoms with Gasteiger partial charge < -0.3 is 4.90 Å². The molecule has 1 heterocycles. The molecular formula is C21H26N2O3S2. The van der Waals surface area contributed by atoms with Gasteiger partial charge >= 0.3 is 0 Å². The first-order valence-corrected chi connectivity index (χ1v) is 11.6. The van der Waals surface area contributed by atoms with Crippen molar-refractivity contribution < 1.29 is 13.2 Å². The van der Waals surface area contributed by atoms with Crippen LogP contribution in [0.1, 0.15) is 37.0 Å². The Labute approximate surface area is 171 Å². The van der Waals surface area contributed by atoms with Gasteiger partial charge in [0.15, 0.2) is 0 Å². The van der Waals surface area contributed by atoms with Gasteiger partial charge in [-0.15, -0.1) is 11.8 Å². The van der Waals surface area contributed by atoms with Crippen molar-refractivity contribution in [2.75, 3.05) is 16.2 Å². The predicted octanol–water partition coefficient (Wildman–Crippen LogP) is 4.65. The molecule has 28 heavy (non-hydrogen) atoms. The number of sulfonamides is 1. The lowest BCUT2D eigenvalue weighted by atomic mass is 10.1. The maximum atomic E-state index is 13.1. The fourth-order valence-corrected chi connectivity index (χ4v) is 5.86. The molecule has 1 aliphatic heterocycles. The van der Waals surface area contributed by atoms with Crippen molar-refractivity contribution in [2.24, 2.45) is 0 Å². The van der Waals surface area contributed by atoms with Crippen molar-refractivity contribution in [1.82, 2.24) is 0 Å². The zero-order valence-corrected chi connectivity index (χ0v) is 18.5. The minimum Gasteiger partial charge on any atom is -0.311 e. The van der Waals surface area contributed by atoms with Gasteiger partial charge in [-0.2, -0.15) is 0 Å². The average Bonchev–Trinajstić information content (AvgIpc) is 2.75. The van der Waals surface area contributed by atoms with Crippen LogP contribution in [-0.2, 0) is 14.8 Å². The number of hydrogen-bond acceptors (Lipinski definition) is 4. The van der Waals surface area contributed by atoms with Crippen LogP contribution in [0.3, 0.4) is 0 Å². The Balaban J connectivity index is 2.03. The number of carbonyl (C=O) groups is 1. The molecule has 2 aromatic carbocycles. The van der Waals surface area contributed by atoms with Crippen LogP contribution in [-0.4, -0.2) is 26.1 Å². The molecule has 0 radical (unpaired) electrons. The van der Waals surface area contributed by atoms with Crippen LogP contribution >= 0.6 is 11.8 Å². The number of benzene rings is 2. The van der Waals surface area contributed by atoms with E-state index < -0.39 is 10.0 Å². The van der Waals surface area contributed by atoms with Crippen molar-refractivity contribution in [3.63, 3.8) is 0 Å². The molecule has 3 rings (SSSR count). The Morgan fingerprint density at radius 3 is 2.39 bits per heavy atom. The molecule has 150 valence electrons. The van der Waals surface area contributed by atoms with Gasteiger partial charge in [0.1, 0.15) is 0 Å². The lowest BCUT2D eigenvalue weighted by Crippen LogP contribution is -2.30. The number of thioether (sulfide) groups is 1. The Morgan fingerprint density at radius 1 is 1.14 bits per heavy atom. The number of rotatable bonds is 3. The fraction of sp³-hybridized carbons (Fsp3) is 0.381. The number of nitrogens with one attached hydrogen (secondary N) is 1. The molecule has 1 atom stereocenters. The number of carbonyl (C=O) groups excluding carboxylic acids is 1. The van der Waals surface area contributed by atoms with E-state index in [0.29, 0.717) is 23.2 Å². The van der Waals surface area contributed by atoms with E-state index in [9.17, 15) is 13.2 Å². The highest BCUT2D eigenvalue weighted by Gasteiger charge is 2.25. The van der Waals surface area contributed by atoms with Gasteiger partial charge in [-0.25, -0.2) is 8.42 Å². The Bertz CT molecular complexity index is 1010. The molecule has 5 nitrogen and oxygen atoms in total. The number of hydrogen-bond donors (Lipinski definition) is 1. The largest absolute Gasteiger partial charge is 0.311 e. The normalized spacial score (nSPS) is 17.0. The summed E-state index contributed by atoms with van der Waals surface area (Å²) in [5.41, 5.74) is 4.12. The summed E-state index contributed by atoms with van der Waals surface area (Å²) in [6.45, 7) is 9.99. The second-order valence-electron chi connectivity index (χ2n) is 7.40. The molecule has 1 aliphatic rings. The van der Waals surface area contributed by atoms with Crippen molar-refractivity contribution >= 4 is 39.1 Å². The fourth-order valence-electron chi connectivity index (χ4n) is 3.54. The van der Waals surface area contributed by atoms with Gasteiger partial charge in [0.25, 0.3) is 10.0 Å². The van der Waals surface area contributed by atoms with E-state index in [0.717, 1.165) is 28.0 Å². The Morgan fingerprint density at radius 2 is 1.79 bits per heavy atom. The van der Waals surface area contributed by atoms with Crippen LogP contribution in [0.2, 0.25) is 0 Å². The standard InChI is InChI=1S/C21H26N2O3S2/c1-13-10-14(2)21(15(3)11-13)22-28(25,26)18-6-7-20-19(12-18)23(17(5)24)9-8-16(4)27-20/h6-7,10-12,16,22H,8-9H2,1-5H3. The third-order valence-corrected chi connectivity index (χ3v) is 7.50. The van der Waals surface area contributed by atoms with E-state index in [-0.39, 0.29) is 10.8 Å². The molecule has 1 amide bonds. The van der Waals surface area contributed by atoms with E-state index in [2.05, 4.69) is 11.6 Å². The minimum atomic E-state index is -3.78. The van der Waals surface area contributed by atoms with Crippen molar-refractivity contribution in [3.05, 3.63) is 47.0 Å². The summed E-state index contributed by atoms with van der Waals surface area (Å²) in [6.07, 6.45) is 0.862. The molecule has 0 saturated carbocycles. The van der Waals surface area contributed by atoms with Gasteiger partial charge in [0.2, 0.25) is 5.91 Å². The Hall–Kier alpha value is -1.99. The quantitative estimate of drug-likeness (QED) is 0.788. The SMILES string of the molecule is CC(=O)N1CCC(C)Sc2ccc(S(=O)(=O)Nc3c(C)cc(C)cc3C)cc21. The van der Waals surface area contributed by atoms with Crippen LogP contribution in [0.15, 0.2) is 40.1 Å². The second kappa shape index (κ2) is 7.79. The summed E-state index contributed by atoms with van der Waals surface area (Å²) in [5, 5.41) is 0.363. The summed E-state index contributed by atoms with van der Waals surface area (Å²) in [5.74, 6) is -0.0799. The summed E-state index contributed by atoms with van der Waals surface area (Å²) in [6, 6.07) is 8.95. The van der Waals surface area contributed by atoms with Gasteiger partial charge in [-0.1, -0.05) is 24.6 Å². The first-order chi connectivity index (χ1) is 13.1. The number of amides is 1. The third kappa shape index (κ3) is 4.20. The third-order valence-electron chi connectivity index (χ3n) is 4.91. The molecule has 0 fully saturated rings. The highest BCUT2D eigenvalue weighted by atomic mass is 32.2.